The Morgan fingerprint density at radius 1 is 1.22 bits per heavy atom. The monoisotopic (exact) mass is 326 g/mol. The number of anilines is 1. The third-order valence-corrected chi connectivity index (χ3v) is 4.34. The molecule has 0 amide bonds. The minimum atomic E-state index is -4.56. The first-order valence-electron chi connectivity index (χ1n) is 7.54. The molecule has 1 atom stereocenters. The van der Waals surface area contributed by atoms with E-state index in [0.29, 0.717) is 31.6 Å². The van der Waals surface area contributed by atoms with Gasteiger partial charge in [-0.3, -0.25) is 4.90 Å². The normalized spacial score (nSPS) is 23.0. The predicted octanol–water partition coefficient (Wildman–Crippen LogP) is 1.88. The van der Waals surface area contributed by atoms with Gasteiger partial charge in [0.2, 0.25) is 0 Å². The number of nitrogens with zero attached hydrogens (tertiary/aromatic N) is 4. The molecule has 0 aliphatic carbocycles. The number of halogens is 3. The van der Waals surface area contributed by atoms with E-state index in [1.54, 1.807) is 6.07 Å². The van der Waals surface area contributed by atoms with Gasteiger partial charge in [0.15, 0.2) is 5.69 Å². The molecule has 8 heteroatoms. The minimum absolute atomic E-state index is 0.355. The fourth-order valence-corrected chi connectivity index (χ4v) is 3.13. The second-order valence-corrected chi connectivity index (χ2v) is 5.71. The van der Waals surface area contributed by atoms with E-state index < -0.39 is 17.4 Å². The number of aromatic nitrogens is 1. The summed E-state index contributed by atoms with van der Waals surface area (Å²) in [4.78, 5) is 8.21. The maximum atomic E-state index is 12.8. The van der Waals surface area contributed by atoms with E-state index in [1.807, 2.05) is 4.90 Å². The van der Waals surface area contributed by atoms with Crippen LogP contribution in [-0.2, 0) is 10.9 Å². The highest BCUT2D eigenvalue weighted by Crippen LogP contribution is 2.33. The molecule has 1 aromatic rings. The van der Waals surface area contributed by atoms with Gasteiger partial charge in [-0.1, -0.05) is 0 Å². The molecule has 0 radical (unpaired) electrons. The van der Waals surface area contributed by atoms with Crippen LogP contribution in [0, 0.1) is 11.3 Å². The fourth-order valence-electron chi connectivity index (χ4n) is 3.13. The minimum Gasteiger partial charge on any atom is -0.379 e. The van der Waals surface area contributed by atoms with E-state index >= 15 is 0 Å². The van der Waals surface area contributed by atoms with Crippen molar-refractivity contribution in [1.82, 2.24) is 9.88 Å². The number of hydrogen-bond donors (Lipinski definition) is 0. The van der Waals surface area contributed by atoms with Crippen LogP contribution in [0.5, 0.6) is 0 Å². The number of pyridine rings is 1. The van der Waals surface area contributed by atoms with Gasteiger partial charge >= 0.3 is 6.18 Å². The summed E-state index contributed by atoms with van der Waals surface area (Å²) in [6, 6.07) is 4.21. The Balaban J connectivity index is 1.74. The molecule has 3 rings (SSSR count). The van der Waals surface area contributed by atoms with E-state index in [-0.39, 0.29) is 0 Å². The summed E-state index contributed by atoms with van der Waals surface area (Å²) in [7, 11) is 0. The van der Waals surface area contributed by atoms with E-state index in [9.17, 15) is 13.2 Å². The van der Waals surface area contributed by atoms with Crippen molar-refractivity contribution in [3.05, 3.63) is 23.4 Å². The number of hydrogen-bond acceptors (Lipinski definition) is 5. The highest BCUT2D eigenvalue weighted by atomic mass is 19.4. The van der Waals surface area contributed by atoms with Crippen molar-refractivity contribution in [1.29, 1.82) is 5.26 Å². The molecule has 0 bridgehead atoms. The third-order valence-electron chi connectivity index (χ3n) is 4.34. The van der Waals surface area contributed by atoms with Crippen molar-refractivity contribution in [2.75, 3.05) is 44.3 Å². The first kappa shape index (κ1) is 16.0. The van der Waals surface area contributed by atoms with Crippen molar-refractivity contribution in [3.63, 3.8) is 0 Å². The van der Waals surface area contributed by atoms with Crippen LogP contribution < -0.4 is 4.90 Å². The van der Waals surface area contributed by atoms with Crippen LogP contribution in [0.15, 0.2) is 12.1 Å². The molecule has 2 aliphatic heterocycles. The van der Waals surface area contributed by atoms with Gasteiger partial charge in [0.05, 0.1) is 18.8 Å². The first-order chi connectivity index (χ1) is 11.0. The van der Waals surface area contributed by atoms with Crippen LogP contribution in [0.25, 0.3) is 0 Å². The van der Waals surface area contributed by atoms with E-state index in [1.165, 1.54) is 6.07 Å². The maximum Gasteiger partial charge on any atom is 0.419 e. The molecule has 3 heterocycles. The van der Waals surface area contributed by atoms with E-state index in [2.05, 4.69) is 9.88 Å². The Labute approximate surface area is 132 Å². The number of morpholine rings is 1. The predicted molar refractivity (Wildman–Crippen MR) is 77.0 cm³/mol. The van der Waals surface area contributed by atoms with Gasteiger partial charge < -0.3 is 9.64 Å². The van der Waals surface area contributed by atoms with Crippen LogP contribution in [0.1, 0.15) is 17.7 Å². The van der Waals surface area contributed by atoms with Crippen molar-refractivity contribution in [2.45, 2.75) is 18.6 Å². The van der Waals surface area contributed by atoms with Crippen molar-refractivity contribution < 1.29 is 17.9 Å². The lowest BCUT2D eigenvalue weighted by Crippen LogP contribution is -2.44. The van der Waals surface area contributed by atoms with Gasteiger partial charge in [-0.25, -0.2) is 4.98 Å². The van der Waals surface area contributed by atoms with Crippen LogP contribution in [0.2, 0.25) is 0 Å². The number of ether oxygens (including phenoxy) is 1. The zero-order valence-electron chi connectivity index (χ0n) is 12.5. The second-order valence-electron chi connectivity index (χ2n) is 5.71. The first-order valence-corrected chi connectivity index (χ1v) is 7.54. The Hall–Kier alpha value is -1.85. The van der Waals surface area contributed by atoms with E-state index in [0.717, 1.165) is 32.1 Å². The number of alkyl halides is 3. The standard InChI is InChI=1S/C15H17F3N4O/c16-15(17,18)12-1-2-14(20-13(12)9-19)22-4-3-11(10-22)21-5-7-23-8-6-21/h1-2,11H,3-8,10H2. The lowest BCUT2D eigenvalue weighted by atomic mass is 10.2. The quantitative estimate of drug-likeness (QED) is 0.831. The lowest BCUT2D eigenvalue weighted by Gasteiger charge is -2.32. The molecule has 124 valence electrons. The SMILES string of the molecule is N#Cc1nc(N2CCC(N3CCOCC3)C2)ccc1C(F)(F)F. The molecule has 2 aliphatic rings. The fraction of sp³-hybridized carbons (Fsp3) is 0.600. The van der Waals surface area contributed by atoms with Crippen LogP contribution in [0.4, 0.5) is 19.0 Å². The van der Waals surface area contributed by atoms with Crippen molar-refractivity contribution >= 4 is 5.82 Å². The lowest BCUT2D eigenvalue weighted by molar-refractivity contribution is -0.138. The van der Waals surface area contributed by atoms with Crippen molar-refractivity contribution in [2.24, 2.45) is 0 Å². The largest absolute Gasteiger partial charge is 0.419 e. The van der Waals surface area contributed by atoms with Gasteiger partial charge in [0.1, 0.15) is 11.9 Å². The molecule has 2 fully saturated rings. The average molecular weight is 326 g/mol. The third kappa shape index (κ3) is 3.41. The Bertz CT molecular complexity index is 608. The Kier molecular flexibility index (Phi) is 4.41. The average Bonchev–Trinajstić information content (AvgIpc) is 3.04. The Morgan fingerprint density at radius 2 is 1.96 bits per heavy atom. The summed E-state index contributed by atoms with van der Waals surface area (Å²) in [5.74, 6) is 0.435. The molecular formula is C15H17F3N4O. The molecular weight excluding hydrogens is 309 g/mol. The smallest absolute Gasteiger partial charge is 0.379 e. The molecule has 0 aromatic carbocycles. The van der Waals surface area contributed by atoms with Gasteiger partial charge in [-0.15, -0.1) is 0 Å². The maximum absolute atomic E-state index is 12.8. The van der Waals surface area contributed by atoms with Crippen molar-refractivity contribution in [3.8, 4) is 6.07 Å². The Morgan fingerprint density at radius 3 is 2.61 bits per heavy atom. The topological polar surface area (TPSA) is 52.4 Å². The summed E-state index contributed by atoms with van der Waals surface area (Å²) < 4.78 is 43.8. The molecule has 5 nitrogen and oxygen atoms in total. The molecule has 23 heavy (non-hydrogen) atoms. The number of nitriles is 1. The summed E-state index contributed by atoms with van der Waals surface area (Å²) in [6.07, 6.45) is -3.62. The molecule has 2 saturated heterocycles. The highest BCUT2D eigenvalue weighted by Gasteiger charge is 2.35. The zero-order valence-corrected chi connectivity index (χ0v) is 12.5. The summed E-state index contributed by atoms with van der Waals surface area (Å²) in [5.41, 5.74) is -1.54. The summed E-state index contributed by atoms with van der Waals surface area (Å²) in [6.45, 7) is 4.63. The molecule has 0 saturated carbocycles. The molecule has 0 spiro atoms. The highest BCUT2D eigenvalue weighted by molar-refractivity contribution is 5.47. The van der Waals surface area contributed by atoms with Gasteiger partial charge in [0.25, 0.3) is 0 Å². The zero-order chi connectivity index (χ0) is 16.4. The molecule has 0 N–H and O–H groups in total. The molecule has 1 unspecified atom stereocenters. The summed E-state index contributed by atoms with van der Waals surface area (Å²) >= 11 is 0. The van der Waals surface area contributed by atoms with Gasteiger partial charge in [-0.05, 0) is 18.6 Å². The van der Waals surface area contributed by atoms with Crippen LogP contribution in [-0.4, -0.2) is 55.3 Å². The second kappa shape index (κ2) is 6.34. The molecule has 1 aromatic heterocycles. The van der Waals surface area contributed by atoms with Crippen LogP contribution in [0.3, 0.4) is 0 Å². The number of rotatable bonds is 2. The van der Waals surface area contributed by atoms with Crippen LogP contribution >= 0.6 is 0 Å². The van der Waals surface area contributed by atoms with Gasteiger partial charge in [0, 0.05) is 32.2 Å². The van der Waals surface area contributed by atoms with E-state index in [4.69, 9.17) is 10.00 Å². The summed E-state index contributed by atoms with van der Waals surface area (Å²) in [5, 5.41) is 8.95. The van der Waals surface area contributed by atoms with Gasteiger partial charge in [-0.2, -0.15) is 18.4 Å².